The SMILES string of the molecule is O[C@@H]1COCC[C@H]1SSc1ccccn1.O[C@H]1COCC[C@@H]1SSc1ccccn1. The minimum atomic E-state index is -0.347. The molecule has 6 nitrogen and oxygen atoms in total. The highest BCUT2D eigenvalue weighted by atomic mass is 33.1. The van der Waals surface area contributed by atoms with Crippen LogP contribution in [0.4, 0.5) is 0 Å². The monoisotopic (exact) mass is 486 g/mol. The van der Waals surface area contributed by atoms with Crippen molar-refractivity contribution in [3.05, 3.63) is 48.8 Å². The molecule has 4 rings (SSSR count). The molecule has 2 aliphatic heterocycles. The van der Waals surface area contributed by atoms with Gasteiger partial charge in [0.1, 0.15) is 10.1 Å². The van der Waals surface area contributed by atoms with Gasteiger partial charge in [-0.3, -0.25) is 0 Å². The van der Waals surface area contributed by atoms with E-state index in [-0.39, 0.29) is 22.7 Å². The predicted octanol–water partition coefficient (Wildman–Crippen LogP) is 3.94. The number of aliphatic hydroxyl groups excluding tert-OH is 2. The van der Waals surface area contributed by atoms with Gasteiger partial charge in [-0.15, -0.1) is 0 Å². The third-order valence-corrected chi connectivity index (χ3v) is 10.0. The number of hydrogen-bond donors (Lipinski definition) is 2. The predicted molar refractivity (Wildman–Crippen MR) is 126 cm³/mol. The van der Waals surface area contributed by atoms with Gasteiger partial charge in [-0.2, -0.15) is 0 Å². The zero-order chi connectivity index (χ0) is 21.0. The van der Waals surface area contributed by atoms with Gasteiger partial charge >= 0.3 is 0 Å². The Labute approximate surface area is 193 Å². The molecule has 2 aliphatic rings. The van der Waals surface area contributed by atoms with E-state index in [0.29, 0.717) is 13.2 Å². The van der Waals surface area contributed by atoms with Crippen LogP contribution in [0.5, 0.6) is 0 Å². The lowest BCUT2D eigenvalue weighted by atomic mass is 10.2. The first-order chi connectivity index (χ1) is 14.7. The molecule has 10 heteroatoms. The van der Waals surface area contributed by atoms with Crippen LogP contribution in [0.3, 0.4) is 0 Å². The van der Waals surface area contributed by atoms with Crippen LogP contribution in [0.15, 0.2) is 58.8 Å². The molecule has 0 amide bonds. The first-order valence-corrected chi connectivity index (χ1v) is 14.2. The largest absolute Gasteiger partial charge is 0.390 e. The van der Waals surface area contributed by atoms with E-state index in [9.17, 15) is 10.2 Å². The summed E-state index contributed by atoms with van der Waals surface area (Å²) >= 11 is 0. The van der Waals surface area contributed by atoms with E-state index in [0.717, 1.165) is 36.1 Å². The van der Waals surface area contributed by atoms with Gasteiger partial charge in [-0.25, -0.2) is 9.97 Å². The molecule has 30 heavy (non-hydrogen) atoms. The van der Waals surface area contributed by atoms with Crippen molar-refractivity contribution in [2.24, 2.45) is 0 Å². The van der Waals surface area contributed by atoms with Gasteiger partial charge in [0.15, 0.2) is 0 Å². The minimum absolute atomic E-state index is 0.255. The van der Waals surface area contributed by atoms with Crippen molar-refractivity contribution in [1.82, 2.24) is 9.97 Å². The molecule has 2 aromatic rings. The molecule has 0 spiro atoms. The van der Waals surface area contributed by atoms with Crippen LogP contribution < -0.4 is 0 Å². The zero-order valence-electron chi connectivity index (χ0n) is 16.4. The highest BCUT2D eigenvalue weighted by Gasteiger charge is 2.25. The van der Waals surface area contributed by atoms with Crippen LogP contribution in [0.25, 0.3) is 0 Å². The van der Waals surface area contributed by atoms with Gasteiger partial charge in [0.2, 0.25) is 0 Å². The van der Waals surface area contributed by atoms with Crippen molar-refractivity contribution in [3.63, 3.8) is 0 Å². The summed E-state index contributed by atoms with van der Waals surface area (Å²) in [7, 11) is 6.61. The minimum Gasteiger partial charge on any atom is -0.390 e. The smallest absolute Gasteiger partial charge is 0.106 e. The van der Waals surface area contributed by atoms with Crippen molar-refractivity contribution >= 4 is 43.2 Å². The van der Waals surface area contributed by atoms with Crippen LogP contribution in [-0.2, 0) is 9.47 Å². The molecule has 2 N–H and O–H groups in total. The molecule has 4 heterocycles. The number of hydrogen-bond acceptors (Lipinski definition) is 10. The van der Waals surface area contributed by atoms with Gasteiger partial charge in [-0.05, 0) is 58.7 Å². The third-order valence-electron chi connectivity index (χ3n) is 4.32. The second-order valence-corrected chi connectivity index (χ2v) is 11.6. The first-order valence-electron chi connectivity index (χ1n) is 9.72. The second kappa shape index (κ2) is 13.8. The molecular weight excluding hydrogens is 460 g/mol. The van der Waals surface area contributed by atoms with Gasteiger partial charge in [-0.1, -0.05) is 33.7 Å². The van der Waals surface area contributed by atoms with E-state index in [1.165, 1.54) is 0 Å². The number of rotatable bonds is 6. The zero-order valence-corrected chi connectivity index (χ0v) is 19.7. The average Bonchev–Trinajstić information content (AvgIpc) is 2.80. The summed E-state index contributed by atoms with van der Waals surface area (Å²) in [6.07, 6.45) is 4.68. The summed E-state index contributed by atoms with van der Waals surface area (Å²) in [5, 5.41) is 21.8. The summed E-state index contributed by atoms with van der Waals surface area (Å²) in [5.74, 6) is 0. The first kappa shape index (κ1) is 24.2. The second-order valence-electron chi connectivity index (χ2n) is 6.63. The van der Waals surface area contributed by atoms with E-state index in [2.05, 4.69) is 9.97 Å². The quantitative estimate of drug-likeness (QED) is 0.586. The Hall–Kier alpha value is -0.460. The molecule has 0 aliphatic carbocycles. The lowest BCUT2D eigenvalue weighted by molar-refractivity contribution is -0.000423. The fourth-order valence-corrected chi connectivity index (χ4v) is 7.64. The molecule has 0 unspecified atom stereocenters. The summed E-state index contributed by atoms with van der Waals surface area (Å²) in [6.45, 7) is 2.41. The Morgan fingerprint density at radius 3 is 1.57 bits per heavy atom. The third kappa shape index (κ3) is 8.58. The number of pyridine rings is 2. The Bertz CT molecular complexity index is 655. The Balaban J connectivity index is 0.000000171. The molecule has 0 saturated carbocycles. The number of aliphatic hydroxyl groups is 2. The van der Waals surface area contributed by atoms with Crippen molar-refractivity contribution < 1.29 is 19.7 Å². The highest BCUT2D eigenvalue weighted by Crippen LogP contribution is 2.37. The van der Waals surface area contributed by atoms with Crippen LogP contribution in [0.1, 0.15) is 12.8 Å². The van der Waals surface area contributed by atoms with Gasteiger partial charge in [0, 0.05) is 36.1 Å². The average molecular weight is 487 g/mol. The topological polar surface area (TPSA) is 84.7 Å². The van der Waals surface area contributed by atoms with Crippen LogP contribution in [0.2, 0.25) is 0 Å². The normalized spacial score (nSPS) is 26.5. The molecular formula is C20H26N2O4S4. The molecule has 2 saturated heterocycles. The summed E-state index contributed by atoms with van der Waals surface area (Å²) < 4.78 is 10.4. The van der Waals surface area contributed by atoms with E-state index in [4.69, 9.17) is 9.47 Å². The lowest BCUT2D eigenvalue weighted by Gasteiger charge is -2.26. The number of aromatic nitrogens is 2. The van der Waals surface area contributed by atoms with E-state index >= 15 is 0 Å². The molecule has 2 aromatic heterocycles. The molecule has 0 bridgehead atoms. The molecule has 4 atom stereocenters. The van der Waals surface area contributed by atoms with Gasteiger partial charge in [0.05, 0.1) is 25.4 Å². The van der Waals surface area contributed by atoms with Crippen molar-refractivity contribution in [1.29, 1.82) is 0 Å². The van der Waals surface area contributed by atoms with Crippen LogP contribution in [-0.4, -0.2) is 69.3 Å². The van der Waals surface area contributed by atoms with Crippen molar-refractivity contribution in [2.75, 3.05) is 26.4 Å². The fraction of sp³-hybridized carbons (Fsp3) is 0.500. The maximum absolute atomic E-state index is 9.67. The van der Waals surface area contributed by atoms with Crippen LogP contribution >= 0.6 is 43.2 Å². The molecule has 2 fully saturated rings. The number of ether oxygens (including phenoxy) is 2. The maximum atomic E-state index is 9.67. The summed E-state index contributed by atoms with van der Waals surface area (Å²) in [4.78, 5) is 8.43. The fourth-order valence-electron chi connectivity index (χ4n) is 2.65. The van der Waals surface area contributed by atoms with E-state index in [1.807, 2.05) is 36.4 Å². The Morgan fingerprint density at radius 2 is 1.20 bits per heavy atom. The van der Waals surface area contributed by atoms with Gasteiger partial charge in [0.25, 0.3) is 0 Å². The Morgan fingerprint density at radius 1 is 0.733 bits per heavy atom. The molecule has 0 aromatic carbocycles. The highest BCUT2D eigenvalue weighted by molar-refractivity contribution is 8.77. The summed E-state index contributed by atoms with van der Waals surface area (Å²) in [6, 6.07) is 11.7. The number of nitrogens with zero attached hydrogens (tertiary/aromatic N) is 2. The van der Waals surface area contributed by atoms with Crippen LogP contribution in [0, 0.1) is 0 Å². The van der Waals surface area contributed by atoms with E-state index < -0.39 is 0 Å². The standard InChI is InChI=1S/2C10H13NO2S2/c2*12-8-7-13-6-4-9(8)14-15-10-3-1-2-5-11-10/h2*1-3,5,8-9,12H,4,6-7H2/t2*8-,9-/m10/s1. The van der Waals surface area contributed by atoms with Crippen molar-refractivity contribution in [2.45, 2.75) is 45.6 Å². The Kier molecular flexibility index (Phi) is 11.2. The van der Waals surface area contributed by atoms with Crippen molar-refractivity contribution in [3.8, 4) is 0 Å². The summed E-state index contributed by atoms with van der Waals surface area (Å²) in [5.41, 5.74) is 0. The maximum Gasteiger partial charge on any atom is 0.106 e. The lowest BCUT2D eigenvalue weighted by Crippen LogP contribution is -2.33. The molecule has 164 valence electrons. The van der Waals surface area contributed by atoms with E-state index in [1.54, 1.807) is 55.6 Å². The van der Waals surface area contributed by atoms with Gasteiger partial charge < -0.3 is 19.7 Å². The molecule has 0 radical (unpaired) electrons.